The topological polar surface area (TPSA) is 12.0 Å². The third kappa shape index (κ3) is 2.30. The van der Waals surface area contributed by atoms with E-state index in [1.54, 1.807) is 12.1 Å². The molecule has 0 amide bonds. The Balaban J connectivity index is 2.24. The average molecular weight is 276 g/mol. The molecule has 1 aromatic carbocycles. The molecule has 14 heavy (non-hydrogen) atoms. The molecular formula is C10H11BrFNS. The molecule has 76 valence electrons. The van der Waals surface area contributed by atoms with Crippen molar-refractivity contribution in [2.24, 2.45) is 0 Å². The molecule has 0 radical (unpaired) electrons. The lowest BCUT2D eigenvalue weighted by Crippen LogP contribution is -2.25. The summed E-state index contributed by atoms with van der Waals surface area (Å²) in [5.74, 6) is 0.969. The van der Waals surface area contributed by atoms with Gasteiger partial charge in [-0.3, -0.25) is 0 Å². The number of halogens is 2. The number of hydrogen-bond acceptors (Lipinski definition) is 2. The van der Waals surface area contributed by atoms with E-state index in [0.717, 1.165) is 22.3 Å². The van der Waals surface area contributed by atoms with Gasteiger partial charge in [-0.15, -0.1) is 11.8 Å². The Labute approximate surface area is 95.6 Å². The van der Waals surface area contributed by atoms with Crippen molar-refractivity contribution in [3.63, 3.8) is 0 Å². The van der Waals surface area contributed by atoms with Crippen LogP contribution in [0.1, 0.15) is 17.4 Å². The molecule has 1 unspecified atom stereocenters. The van der Waals surface area contributed by atoms with Crippen LogP contribution in [0.15, 0.2) is 22.7 Å². The van der Waals surface area contributed by atoms with Crippen LogP contribution in [-0.2, 0) is 0 Å². The van der Waals surface area contributed by atoms with Crippen LogP contribution in [0.2, 0.25) is 0 Å². The maximum absolute atomic E-state index is 13.0. The fraction of sp³-hybridized carbons (Fsp3) is 0.400. The van der Waals surface area contributed by atoms with Gasteiger partial charge in [0.15, 0.2) is 0 Å². The molecule has 1 atom stereocenters. The maximum Gasteiger partial charge on any atom is 0.123 e. The summed E-state index contributed by atoms with van der Waals surface area (Å²) in [6.45, 7) is 1.01. The van der Waals surface area contributed by atoms with Gasteiger partial charge >= 0.3 is 0 Å². The van der Waals surface area contributed by atoms with Gasteiger partial charge in [0.05, 0.1) is 5.37 Å². The number of rotatable bonds is 1. The number of nitrogens with one attached hydrogen (secondary N) is 1. The summed E-state index contributed by atoms with van der Waals surface area (Å²) in [5, 5.41) is 3.60. The standard InChI is InChI=1S/C10H11BrFNS/c11-9-3-2-7(12)6-8(9)10-13-4-1-5-14-10/h2-3,6,10,13H,1,4-5H2. The molecule has 0 aliphatic carbocycles. The molecule has 1 aromatic rings. The van der Waals surface area contributed by atoms with Crippen LogP contribution in [0.5, 0.6) is 0 Å². The lowest BCUT2D eigenvalue weighted by atomic mass is 10.2. The van der Waals surface area contributed by atoms with Crippen LogP contribution in [0, 0.1) is 5.82 Å². The van der Waals surface area contributed by atoms with E-state index in [4.69, 9.17) is 0 Å². The van der Waals surface area contributed by atoms with E-state index < -0.39 is 0 Å². The quantitative estimate of drug-likeness (QED) is 0.844. The molecule has 4 heteroatoms. The first-order chi connectivity index (χ1) is 6.77. The lowest BCUT2D eigenvalue weighted by Gasteiger charge is -2.24. The van der Waals surface area contributed by atoms with Gasteiger partial charge in [-0.25, -0.2) is 4.39 Å². The number of benzene rings is 1. The summed E-state index contributed by atoms with van der Waals surface area (Å²) in [6, 6.07) is 4.84. The largest absolute Gasteiger partial charge is 0.302 e. The molecule has 1 aliphatic heterocycles. The highest BCUT2D eigenvalue weighted by Gasteiger charge is 2.17. The summed E-state index contributed by atoms with van der Waals surface area (Å²) in [5.41, 5.74) is 1.01. The zero-order valence-electron chi connectivity index (χ0n) is 7.59. The Morgan fingerprint density at radius 3 is 3.07 bits per heavy atom. The first-order valence-electron chi connectivity index (χ1n) is 4.57. The highest BCUT2D eigenvalue weighted by atomic mass is 79.9. The molecule has 1 fully saturated rings. The molecule has 0 saturated carbocycles. The van der Waals surface area contributed by atoms with E-state index in [1.807, 2.05) is 11.8 Å². The van der Waals surface area contributed by atoms with Gasteiger partial charge in [-0.2, -0.15) is 0 Å². The SMILES string of the molecule is Fc1ccc(Br)c(C2NCCCS2)c1. The molecule has 0 spiro atoms. The molecule has 1 N–H and O–H groups in total. The first kappa shape index (κ1) is 10.5. The van der Waals surface area contributed by atoms with Crippen molar-refractivity contribution in [1.29, 1.82) is 0 Å². The first-order valence-corrected chi connectivity index (χ1v) is 6.41. The lowest BCUT2D eigenvalue weighted by molar-refractivity contribution is 0.610. The second kappa shape index (κ2) is 4.64. The van der Waals surface area contributed by atoms with Crippen molar-refractivity contribution in [1.82, 2.24) is 5.32 Å². The summed E-state index contributed by atoms with van der Waals surface area (Å²) >= 11 is 5.28. The molecule has 0 bridgehead atoms. The molecule has 1 aliphatic rings. The average Bonchev–Trinajstić information content (AvgIpc) is 2.23. The highest BCUT2D eigenvalue weighted by Crippen LogP contribution is 2.34. The Hall–Kier alpha value is -0.0600. The Bertz CT molecular complexity index is 326. The molecule has 1 heterocycles. The normalized spacial score (nSPS) is 22.3. The van der Waals surface area contributed by atoms with Crippen molar-refractivity contribution in [3.8, 4) is 0 Å². The minimum Gasteiger partial charge on any atom is -0.302 e. The minimum atomic E-state index is -0.170. The Morgan fingerprint density at radius 2 is 2.36 bits per heavy atom. The van der Waals surface area contributed by atoms with Crippen LogP contribution in [0.3, 0.4) is 0 Å². The molecule has 2 rings (SSSR count). The monoisotopic (exact) mass is 275 g/mol. The van der Waals surface area contributed by atoms with Gasteiger partial charge in [0.1, 0.15) is 5.82 Å². The zero-order valence-corrected chi connectivity index (χ0v) is 10.00. The van der Waals surface area contributed by atoms with Gasteiger partial charge < -0.3 is 5.32 Å². The van der Waals surface area contributed by atoms with Crippen LogP contribution in [0.25, 0.3) is 0 Å². The van der Waals surface area contributed by atoms with Crippen molar-refractivity contribution < 1.29 is 4.39 Å². The van der Waals surface area contributed by atoms with Crippen LogP contribution < -0.4 is 5.32 Å². The van der Waals surface area contributed by atoms with E-state index in [0.29, 0.717) is 0 Å². The van der Waals surface area contributed by atoms with Crippen LogP contribution in [0.4, 0.5) is 4.39 Å². The second-order valence-electron chi connectivity index (χ2n) is 3.22. The predicted octanol–water partition coefficient (Wildman–Crippen LogP) is 3.31. The predicted molar refractivity (Wildman–Crippen MR) is 61.9 cm³/mol. The fourth-order valence-electron chi connectivity index (χ4n) is 1.48. The zero-order chi connectivity index (χ0) is 9.97. The van der Waals surface area contributed by atoms with Gasteiger partial charge in [0, 0.05) is 4.47 Å². The van der Waals surface area contributed by atoms with Crippen LogP contribution in [-0.4, -0.2) is 12.3 Å². The summed E-state index contributed by atoms with van der Waals surface area (Å²) in [7, 11) is 0. The Morgan fingerprint density at radius 1 is 1.50 bits per heavy atom. The van der Waals surface area contributed by atoms with Crippen molar-refractivity contribution in [2.45, 2.75) is 11.8 Å². The third-order valence-corrected chi connectivity index (χ3v) is 4.18. The molecule has 0 aromatic heterocycles. The Kier molecular flexibility index (Phi) is 3.47. The minimum absolute atomic E-state index is 0.170. The van der Waals surface area contributed by atoms with E-state index in [-0.39, 0.29) is 11.2 Å². The molecule has 1 saturated heterocycles. The van der Waals surface area contributed by atoms with Crippen molar-refractivity contribution >= 4 is 27.7 Å². The maximum atomic E-state index is 13.0. The third-order valence-electron chi connectivity index (χ3n) is 2.18. The van der Waals surface area contributed by atoms with Gasteiger partial charge in [0.2, 0.25) is 0 Å². The van der Waals surface area contributed by atoms with Crippen molar-refractivity contribution in [2.75, 3.05) is 12.3 Å². The summed E-state index contributed by atoms with van der Waals surface area (Å²) in [4.78, 5) is 0. The fourth-order valence-corrected chi connectivity index (χ4v) is 3.26. The number of hydrogen-bond donors (Lipinski definition) is 1. The van der Waals surface area contributed by atoms with E-state index >= 15 is 0 Å². The molecular weight excluding hydrogens is 265 g/mol. The second-order valence-corrected chi connectivity index (χ2v) is 5.29. The van der Waals surface area contributed by atoms with Gasteiger partial charge in [-0.1, -0.05) is 15.9 Å². The van der Waals surface area contributed by atoms with E-state index in [1.165, 1.54) is 12.5 Å². The van der Waals surface area contributed by atoms with Crippen molar-refractivity contribution in [3.05, 3.63) is 34.1 Å². The van der Waals surface area contributed by atoms with Crippen LogP contribution >= 0.6 is 27.7 Å². The smallest absolute Gasteiger partial charge is 0.123 e. The van der Waals surface area contributed by atoms with Gasteiger partial charge in [-0.05, 0) is 42.5 Å². The van der Waals surface area contributed by atoms with E-state index in [9.17, 15) is 4.39 Å². The summed E-state index contributed by atoms with van der Waals surface area (Å²) < 4.78 is 14.0. The highest BCUT2D eigenvalue weighted by molar-refractivity contribution is 9.10. The van der Waals surface area contributed by atoms with E-state index in [2.05, 4.69) is 21.2 Å². The number of thioether (sulfide) groups is 1. The van der Waals surface area contributed by atoms with Gasteiger partial charge in [0.25, 0.3) is 0 Å². The summed E-state index contributed by atoms with van der Waals surface area (Å²) in [6.07, 6.45) is 1.19. The molecule has 1 nitrogen and oxygen atoms in total.